The number of amidine groups is 1. The molecule has 2 aliphatic rings. The summed E-state index contributed by atoms with van der Waals surface area (Å²) >= 11 is 1.31. The first-order valence-electron chi connectivity index (χ1n) is 9.82. The number of sulfone groups is 1. The number of sulfonamides is 1. The van der Waals surface area contributed by atoms with Crippen LogP contribution in [0.15, 0.2) is 49.3 Å². The summed E-state index contributed by atoms with van der Waals surface area (Å²) in [6.07, 6.45) is 0. The van der Waals surface area contributed by atoms with Crippen molar-refractivity contribution in [2.75, 3.05) is 25.5 Å². The summed E-state index contributed by atoms with van der Waals surface area (Å²) in [6.45, 7) is 2.36. The molecule has 3 heterocycles. The number of aliphatic imine (C=N–C) groups is 1. The van der Waals surface area contributed by atoms with Crippen molar-refractivity contribution < 1.29 is 16.8 Å². The lowest BCUT2D eigenvalue weighted by atomic mass is 9.97. The lowest BCUT2D eigenvalue weighted by Gasteiger charge is -2.28. The van der Waals surface area contributed by atoms with Crippen molar-refractivity contribution in [2.24, 2.45) is 20.4 Å². The fraction of sp³-hybridized carbons (Fsp3) is 0.263. The Balaban J connectivity index is 1.90. The molecule has 0 saturated carbocycles. The van der Waals surface area contributed by atoms with E-state index in [0.717, 1.165) is 10.3 Å². The van der Waals surface area contributed by atoms with Gasteiger partial charge in [-0.3, -0.25) is 0 Å². The SMILES string of the molecule is Cc1ccc(-c2ccc(S(=O)(=O)C3CNC3)c(S(N)(=O)=O)c2C2=NCN=N2)c2nc(N)sc12. The van der Waals surface area contributed by atoms with E-state index in [1.807, 2.05) is 13.0 Å². The van der Waals surface area contributed by atoms with E-state index < -0.39 is 30.0 Å². The normalized spacial score (nSPS) is 16.8. The number of nitrogens with zero attached hydrogens (tertiary/aromatic N) is 4. The van der Waals surface area contributed by atoms with Crippen molar-refractivity contribution in [2.45, 2.75) is 22.0 Å². The van der Waals surface area contributed by atoms with Gasteiger partial charge in [0, 0.05) is 18.7 Å². The average Bonchev–Trinajstić information content (AvgIpc) is 3.34. The highest BCUT2D eigenvalue weighted by Crippen LogP contribution is 2.40. The maximum atomic E-state index is 13.3. The van der Waals surface area contributed by atoms with Crippen molar-refractivity contribution in [1.82, 2.24) is 10.3 Å². The molecule has 1 saturated heterocycles. The van der Waals surface area contributed by atoms with E-state index >= 15 is 0 Å². The molecule has 0 radical (unpaired) electrons. The van der Waals surface area contributed by atoms with Gasteiger partial charge in [-0.1, -0.05) is 29.5 Å². The standard InChI is InChI=1S/C19H19N7O4S3/c1-9-2-3-12(15-16(9)31-19(20)25-15)11-4-5-13(32(27,28)10-6-22-7-10)17(33(21,29)30)14(11)18-23-8-24-26-18/h2-5,10,22H,6-8H2,1H3,(H2,20,25)(H2,21,29,30). The fourth-order valence-corrected chi connectivity index (χ4v) is 7.91. The van der Waals surface area contributed by atoms with Gasteiger partial charge >= 0.3 is 0 Å². The van der Waals surface area contributed by atoms with Crippen molar-refractivity contribution >= 4 is 52.4 Å². The number of anilines is 1. The van der Waals surface area contributed by atoms with Crippen molar-refractivity contribution in [3.8, 4) is 11.1 Å². The number of benzene rings is 2. The molecule has 3 aromatic rings. The predicted octanol–water partition coefficient (Wildman–Crippen LogP) is 1.42. The number of hydrogen-bond donors (Lipinski definition) is 3. The van der Waals surface area contributed by atoms with Gasteiger partial charge in [0.2, 0.25) is 10.0 Å². The highest BCUT2D eigenvalue weighted by atomic mass is 32.2. The minimum atomic E-state index is -4.51. The van der Waals surface area contributed by atoms with Gasteiger partial charge < -0.3 is 11.1 Å². The van der Waals surface area contributed by atoms with E-state index in [9.17, 15) is 16.8 Å². The third kappa shape index (κ3) is 3.54. The summed E-state index contributed by atoms with van der Waals surface area (Å²) in [4.78, 5) is 7.70. The molecular weight excluding hydrogens is 486 g/mol. The molecule has 0 spiro atoms. The van der Waals surface area contributed by atoms with E-state index in [4.69, 9.17) is 10.9 Å². The Morgan fingerprint density at radius 3 is 2.42 bits per heavy atom. The van der Waals surface area contributed by atoms with Crippen molar-refractivity contribution in [1.29, 1.82) is 0 Å². The minimum Gasteiger partial charge on any atom is -0.375 e. The quantitative estimate of drug-likeness (QED) is 0.468. The maximum Gasteiger partial charge on any atom is 0.240 e. The zero-order chi connectivity index (χ0) is 23.5. The Morgan fingerprint density at radius 1 is 1.09 bits per heavy atom. The Kier molecular flexibility index (Phi) is 5.10. The van der Waals surface area contributed by atoms with Gasteiger partial charge in [0.1, 0.15) is 4.90 Å². The lowest BCUT2D eigenvalue weighted by molar-refractivity contribution is 0.493. The summed E-state index contributed by atoms with van der Waals surface area (Å²) in [5.41, 5.74) is 8.39. The third-order valence-corrected chi connectivity index (χ3v) is 9.92. The molecule has 11 nitrogen and oxygen atoms in total. The van der Waals surface area contributed by atoms with Crippen LogP contribution in [0.4, 0.5) is 5.13 Å². The number of hydrogen-bond acceptors (Lipinski definition) is 11. The van der Waals surface area contributed by atoms with E-state index in [-0.39, 0.29) is 36.1 Å². The van der Waals surface area contributed by atoms with Crippen LogP contribution in [0.2, 0.25) is 0 Å². The monoisotopic (exact) mass is 505 g/mol. The summed E-state index contributed by atoms with van der Waals surface area (Å²) in [7, 11) is -8.51. The number of aryl methyl sites for hydroxylation is 1. The number of azo groups is 1. The smallest absolute Gasteiger partial charge is 0.240 e. The van der Waals surface area contributed by atoms with Crippen LogP contribution in [0, 0.1) is 6.92 Å². The largest absolute Gasteiger partial charge is 0.375 e. The van der Waals surface area contributed by atoms with E-state index in [2.05, 4.69) is 25.5 Å². The molecule has 0 aliphatic carbocycles. The van der Waals surface area contributed by atoms with Gasteiger partial charge in [0.15, 0.2) is 27.5 Å². The molecule has 14 heteroatoms. The fourth-order valence-electron chi connectivity index (χ4n) is 3.90. The zero-order valence-electron chi connectivity index (χ0n) is 17.3. The van der Waals surface area contributed by atoms with Crippen LogP contribution in [0.3, 0.4) is 0 Å². The Hall–Kier alpha value is -2.78. The molecule has 0 amide bonds. The molecule has 172 valence electrons. The maximum absolute atomic E-state index is 13.3. The first kappa shape index (κ1) is 22.0. The molecule has 2 aromatic carbocycles. The number of nitrogens with two attached hydrogens (primary N) is 2. The summed E-state index contributed by atoms with van der Waals surface area (Å²) in [5.74, 6) is -0.00487. The van der Waals surface area contributed by atoms with Gasteiger partial charge in [-0.15, -0.1) is 5.11 Å². The molecule has 5 N–H and O–H groups in total. The number of nitrogen functional groups attached to an aromatic ring is 1. The summed E-state index contributed by atoms with van der Waals surface area (Å²) in [6, 6.07) is 6.46. The Morgan fingerprint density at radius 2 is 1.82 bits per heavy atom. The van der Waals surface area contributed by atoms with Crippen LogP contribution in [-0.4, -0.2) is 52.7 Å². The van der Waals surface area contributed by atoms with E-state index in [0.29, 0.717) is 21.8 Å². The molecule has 0 bridgehead atoms. The van der Waals surface area contributed by atoms with Gasteiger partial charge in [-0.25, -0.2) is 32.0 Å². The molecule has 0 unspecified atom stereocenters. The molecular formula is C19H19N7O4S3. The topological polar surface area (TPSA) is 182 Å². The molecule has 33 heavy (non-hydrogen) atoms. The summed E-state index contributed by atoms with van der Waals surface area (Å²) in [5, 5.41) is 15.9. The zero-order valence-corrected chi connectivity index (χ0v) is 19.8. The Labute approximate surface area is 193 Å². The van der Waals surface area contributed by atoms with Crippen LogP contribution in [0.1, 0.15) is 11.1 Å². The molecule has 0 atom stereocenters. The van der Waals surface area contributed by atoms with Crippen LogP contribution >= 0.6 is 11.3 Å². The van der Waals surface area contributed by atoms with Gasteiger partial charge in [-0.05, 0) is 24.1 Å². The number of nitrogens with one attached hydrogen (secondary N) is 1. The van der Waals surface area contributed by atoms with E-state index in [1.165, 1.54) is 17.4 Å². The van der Waals surface area contributed by atoms with Crippen LogP contribution in [-0.2, 0) is 19.9 Å². The number of primary sulfonamides is 1. The number of fused-ring (bicyclic) bond motifs is 1. The second-order valence-corrected chi connectivity index (χ2v) is 12.4. The highest BCUT2D eigenvalue weighted by molar-refractivity contribution is 7.94. The van der Waals surface area contributed by atoms with Crippen LogP contribution < -0.4 is 16.2 Å². The molecule has 1 fully saturated rings. The van der Waals surface area contributed by atoms with Crippen LogP contribution in [0.25, 0.3) is 21.3 Å². The minimum absolute atomic E-state index is 0.00465. The summed E-state index contributed by atoms with van der Waals surface area (Å²) < 4.78 is 53.1. The van der Waals surface area contributed by atoms with Gasteiger partial charge in [-0.2, -0.15) is 5.11 Å². The molecule has 2 aliphatic heterocycles. The highest BCUT2D eigenvalue weighted by Gasteiger charge is 2.39. The van der Waals surface area contributed by atoms with Crippen molar-refractivity contribution in [3.05, 3.63) is 35.4 Å². The number of aromatic nitrogens is 1. The predicted molar refractivity (Wildman–Crippen MR) is 126 cm³/mol. The first-order chi connectivity index (χ1) is 15.6. The van der Waals surface area contributed by atoms with Crippen molar-refractivity contribution in [3.63, 3.8) is 0 Å². The Bertz CT molecular complexity index is 1590. The van der Waals surface area contributed by atoms with Crippen LogP contribution in [0.5, 0.6) is 0 Å². The molecule has 5 rings (SSSR count). The lowest BCUT2D eigenvalue weighted by Crippen LogP contribution is -2.51. The number of rotatable bonds is 5. The second kappa shape index (κ2) is 7.63. The average molecular weight is 506 g/mol. The van der Waals surface area contributed by atoms with E-state index in [1.54, 1.807) is 12.1 Å². The third-order valence-electron chi connectivity index (χ3n) is 5.62. The van der Waals surface area contributed by atoms with Gasteiger partial charge in [0.25, 0.3) is 0 Å². The number of thiazole rings is 1. The van der Waals surface area contributed by atoms with Gasteiger partial charge in [0.05, 0.1) is 25.9 Å². The first-order valence-corrected chi connectivity index (χ1v) is 13.7. The molecule has 1 aromatic heterocycles. The second-order valence-electron chi connectivity index (χ2n) is 7.71.